The van der Waals surface area contributed by atoms with Gasteiger partial charge in [0.05, 0.1) is 12.7 Å². The van der Waals surface area contributed by atoms with Crippen LogP contribution in [0.4, 0.5) is 4.39 Å². The number of hydrogen-bond acceptors (Lipinski definition) is 2. The number of benzene rings is 1. The van der Waals surface area contributed by atoms with Gasteiger partial charge in [0.15, 0.2) is 0 Å². The fourth-order valence-corrected chi connectivity index (χ4v) is 1.09. The summed E-state index contributed by atoms with van der Waals surface area (Å²) in [5, 5.41) is 8.68. The number of carboxylic acid groups (broad SMARTS) is 1. The molecule has 0 radical (unpaired) electrons. The Kier molecular flexibility index (Phi) is 3.23. The molecule has 0 aliphatic carbocycles. The maximum absolute atomic E-state index is 12.3. The Morgan fingerprint density at radius 2 is 2.14 bits per heavy atom. The Bertz CT molecular complexity index is 371. The van der Waals surface area contributed by atoms with E-state index in [-0.39, 0.29) is 11.9 Å². The van der Waals surface area contributed by atoms with Gasteiger partial charge in [-0.15, -0.1) is 0 Å². The highest BCUT2D eigenvalue weighted by Crippen LogP contribution is 2.25. The number of para-hydroxylation sites is 1. The van der Waals surface area contributed by atoms with E-state index in [0.29, 0.717) is 5.75 Å². The lowest BCUT2D eigenvalue weighted by molar-refractivity contribution is -0.130. The SMILES string of the molecule is COc1ccccc1/C(=C\F)C(=O)O. The van der Waals surface area contributed by atoms with Crippen molar-refractivity contribution in [2.75, 3.05) is 7.11 Å². The van der Waals surface area contributed by atoms with Gasteiger partial charge in [0, 0.05) is 5.56 Å². The third kappa shape index (κ3) is 1.90. The van der Waals surface area contributed by atoms with Crippen molar-refractivity contribution in [2.45, 2.75) is 0 Å². The van der Waals surface area contributed by atoms with Gasteiger partial charge in [-0.05, 0) is 6.07 Å². The maximum Gasteiger partial charge on any atom is 0.338 e. The van der Waals surface area contributed by atoms with Crippen molar-refractivity contribution in [3.8, 4) is 5.75 Å². The quantitative estimate of drug-likeness (QED) is 0.753. The molecule has 0 saturated carbocycles. The van der Waals surface area contributed by atoms with Crippen molar-refractivity contribution in [1.82, 2.24) is 0 Å². The smallest absolute Gasteiger partial charge is 0.338 e. The first-order valence-electron chi connectivity index (χ1n) is 3.87. The Balaban J connectivity index is 3.23. The van der Waals surface area contributed by atoms with Gasteiger partial charge < -0.3 is 9.84 Å². The van der Waals surface area contributed by atoms with Crippen LogP contribution in [0.2, 0.25) is 0 Å². The van der Waals surface area contributed by atoms with Gasteiger partial charge in [-0.3, -0.25) is 0 Å². The number of rotatable bonds is 3. The number of carboxylic acids is 1. The predicted molar refractivity (Wildman–Crippen MR) is 49.7 cm³/mol. The average molecular weight is 196 g/mol. The highest BCUT2D eigenvalue weighted by molar-refractivity contribution is 6.15. The lowest BCUT2D eigenvalue weighted by Gasteiger charge is -2.06. The first-order valence-corrected chi connectivity index (χ1v) is 3.87. The summed E-state index contributed by atoms with van der Waals surface area (Å²) in [6, 6.07) is 6.35. The van der Waals surface area contributed by atoms with Crippen LogP contribution in [-0.4, -0.2) is 18.2 Å². The molecule has 74 valence electrons. The number of aliphatic carboxylic acids is 1. The van der Waals surface area contributed by atoms with Crippen LogP contribution in [-0.2, 0) is 4.79 Å². The molecule has 0 bridgehead atoms. The largest absolute Gasteiger partial charge is 0.496 e. The van der Waals surface area contributed by atoms with Crippen molar-refractivity contribution < 1.29 is 19.0 Å². The summed E-state index contributed by atoms with van der Waals surface area (Å²) in [5.74, 6) is -0.990. The van der Waals surface area contributed by atoms with Crippen LogP contribution >= 0.6 is 0 Å². The third-order valence-electron chi connectivity index (χ3n) is 1.74. The van der Waals surface area contributed by atoms with E-state index in [4.69, 9.17) is 9.84 Å². The molecule has 0 aliphatic rings. The number of halogens is 1. The zero-order valence-electron chi connectivity index (χ0n) is 7.53. The molecule has 1 rings (SSSR count). The van der Waals surface area contributed by atoms with Gasteiger partial charge in [0.2, 0.25) is 0 Å². The van der Waals surface area contributed by atoms with Crippen LogP contribution in [0.15, 0.2) is 30.6 Å². The number of hydrogen-bond donors (Lipinski definition) is 1. The van der Waals surface area contributed by atoms with Gasteiger partial charge in [0.25, 0.3) is 0 Å². The molecule has 0 fully saturated rings. The topological polar surface area (TPSA) is 46.5 Å². The van der Waals surface area contributed by atoms with Crippen molar-refractivity contribution in [1.29, 1.82) is 0 Å². The van der Waals surface area contributed by atoms with Gasteiger partial charge in [-0.25, -0.2) is 9.18 Å². The van der Waals surface area contributed by atoms with Crippen LogP contribution in [0, 0.1) is 0 Å². The zero-order valence-corrected chi connectivity index (χ0v) is 7.53. The fraction of sp³-hybridized carbons (Fsp3) is 0.100. The first kappa shape index (κ1) is 10.2. The Labute approximate surface area is 80.4 Å². The summed E-state index contributed by atoms with van der Waals surface area (Å²) in [5.41, 5.74) is -0.188. The minimum absolute atomic E-state index is 0.0557. The molecule has 0 aromatic heterocycles. The molecule has 0 atom stereocenters. The van der Waals surface area contributed by atoms with E-state index in [2.05, 4.69) is 0 Å². The van der Waals surface area contributed by atoms with Gasteiger partial charge in [-0.1, -0.05) is 18.2 Å². The Morgan fingerprint density at radius 3 is 2.64 bits per heavy atom. The molecule has 1 N–H and O–H groups in total. The van der Waals surface area contributed by atoms with E-state index >= 15 is 0 Å². The standard InChI is InChI=1S/C10H9FO3/c1-14-9-5-3-2-4-7(9)8(6-11)10(12)13/h2-6H,1H3,(H,12,13)/b8-6+. The third-order valence-corrected chi connectivity index (χ3v) is 1.74. The van der Waals surface area contributed by atoms with Gasteiger partial charge >= 0.3 is 5.97 Å². The summed E-state index contributed by atoms with van der Waals surface area (Å²) in [6.45, 7) is 0. The lowest BCUT2D eigenvalue weighted by atomic mass is 10.1. The molecule has 0 aliphatic heterocycles. The van der Waals surface area contributed by atoms with Gasteiger partial charge in [-0.2, -0.15) is 0 Å². The number of ether oxygens (including phenoxy) is 1. The van der Waals surface area contributed by atoms with Crippen LogP contribution in [0.3, 0.4) is 0 Å². The minimum atomic E-state index is -1.32. The van der Waals surface area contributed by atoms with Crippen LogP contribution in [0.1, 0.15) is 5.56 Å². The molecule has 0 amide bonds. The second kappa shape index (κ2) is 4.41. The highest BCUT2D eigenvalue weighted by atomic mass is 19.1. The highest BCUT2D eigenvalue weighted by Gasteiger charge is 2.14. The summed E-state index contributed by atoms with van der Waals surface area (Å²) in [4.78, 5) is 10.6. The van der Waals surface area contributed by atoms with Crippen molar-refractivity contribution in [3.05, 3.63) is 36.2 Å². The maximum atomic E-state index is 12.3. The summed E-state index contributed by atoms with van der Waals surface area (Å²) >= 11 is 0. The first-order chi connectivity index (χ1) is 6.70. The Hall–Kier alpha value is -1.84. The molecule has 1 aromatic carbocycles. The van der Waals surface area contributed by atoms with Crippen LogP contribution in [0.25, 0.3) is 5.57 Å². The van der Waals surface area contributed by atoms with E-state index in [1.165, 1.54) is 13.2 Å². The number of carbonyl (C=O) groups is 1. The zero-order chi connectivity index (χ0) is 10.6. The second-order valence-electron chi connectivity index (χ2n) is 2.53. The fourth-order valence-electron chi connectivity index (χ4n) is 1.09. The molecule has 4 heteroatoms. The summed E-state index contributed by atoms with van der Waals surface area (Å²) < 4.78 is 17.2. The normalized spacial score (nSPS) is 11.1. The van der Waals surface area contributed by atoms with Gasteiger partial charge in [0.1, 0.15) is 12.1 Å². The van der Waals surface area contributed by atoms with Crippen molar-refractivity contribution in [2.24, 2.45) is 0 Å². The molecule has 0 unspecified atom stereocenters. The molecular weight excluding hydrogens is 187 g/mol. The lowest BCUT2D eigenvalue weighted by Crippen LogP contribution is -2.01. The predicted octanol–water partition coefficient (Wildman–Crippen LogP) is 2.09. The molecule has 0 saturated heterocycles. The molecule has 1 aromatic rings. The van der Waals surface area contributed by atoms with Crippen molar-refractivity contribution in [3.63, 3.8) is 0 Å². The minimum Gasteiger partial charge on any atom is -0.496 e. The molecule has 0 heterocycles. The molecule has 14 heavy (non-hydrogen) atoms. The van der Waals surface area contributed by atoms with E-state index in [1.807, 2.05) is 0 Å². The average Bonchev–Trinajstić information content (AvgIpc) is 2.19. The van der Waals surface area contributed by atoms with E-state index in [9.17, 15) is 9.18 Å². The van der Waals surface area contributed by atoms with E-state index in [0.717, 1.165) is 0 Å². The number of methoxy groups -OCH3 is 1. The van der Waals surface area contributed by atoms with E-state index in [1.54, 1.807) is 18.2 Å². The monoisotopic (exact) mass is 196 g/mol. The van der Waals surface area contributed by atoms with Crippen molar-refractivity contribution >= 4 is 11.5 Å². The van der Waals surface area contributed by atoms with Crippen LogP contribution in [0.5, 0.6) is 5.75 Å². The van der Waals surface area contributed by atoms with Crippen LogP contribution < -0.4 is 4.74 Å². The summed E-state index contributed by atoms with van der Waals surface area (Å²) in [6.07, 6.45) is 0.0557. The summed E-state index contributed by atoms with van der Waals surface area (Å²) in [7, 11) is 1.40. The molecule has 3 nitrogen and oxygen atoms in total. The van der Waals surface area contributed by atoms with E-state index < -0.39 is 11.5 Å². The molecule has 0 spiro atoms. The second-order valence-corrected chi connectivity index (χ2v) is 2.53. The Morgan fingerprint density at radius 1 is 1.50 bits per heavy atom. The molecular formula is C10H9FO3.